The minimum Gasteiger partial charge on any atom is -0.477 e. The van der Waals surface area contributed by atoms with Crippen molar-refractivity contribution in [3.05, 3.63) is 33.6 Å². The molecule has 0 aromatic heterocycles. The van der Waals surface area contributed by atoms with Crippen molar-refractivity contribution >= 4 is 17.3 Å². The van der Waals surface area contributed by atoms with Gasteiger partial charge in [0.15, 0.2) is 5.82 Å². The minimum absolute atomic E-state index is 0.0213. The highest BCUT2D eigenvalue weighted by Crippen LogP contribution is 2.28. The molecule has 0 saturated heterocycles. The van der Waals surface area contributed by atoms with Crippen LogP contribution in [0, 0.1) is 15.9 Å². The summed E-state index contributed by atoms with van der Waals surface area (Å²) in [5, 5.41) is 19.6. The van der Waals surface area contributed by atoms with E-state index in [0.717, 1.165) is 6.07 Å². The molecule has 0 saturated carbocycles. The molecule has 0 fully saturated rings. The highest BCUT2D eigenvalue weighted by molar-refractivity contribution is 5.93. The number of carbonyl (C=O) groups is 1. The largest absolute Gasteiger partial charge is 0.477 e. The number of hydrogen-bond donors (Lipinski definition) is 1. The molecular weight excluding hydrogens is 243 g/mol. The fraction of sp³-hybridized carbons (Fsp3) is 0.364. The zero-order valence-corrected chi connectivity index (χ0v) is 10.2. The van der Waals surface area contributed by atoms with Gasteiger partial charge in [-0.2, -0.15) is 0 Å². The molecule has 0 amide bonds. The molecule has 0 bridgehead atoms. The van der Waals surface area contributed by atoms with Crippen molar-refractivity contribution in [1.29, 1.82) is 0 Å². The summed E-state index contributed by atoms with van der Waals surface area (Å²) in [7, 11) is 1.58. The maximum atomic E-state index is 13.7. The van der Waals surface area contributed by atoms with Crippen molar-refractivity contribution in [2.45, 2.75) is 19.9 Å². The van der Waals surface area contributed by atoms with Crippen LogP contribution in [0.4, 0.5) is 15.8 Å². The molecule has 0 heterocycles. The van der Waals surface area contributed by atoms with Crippen LogP contribution < -0.4 is 4.90 Å². The molecule has 0 aliphatic heterocycles. The van der Waals surface area contributed by atoms with Crippen molar-refractivity contribution in [1.82, 2.24) is 0 Å². The quantitative estimate of drug-likeness (QED) is 0.660. The van der Waals surface area contributed by atoms with Gasteiger partial charge in [-0.3, -0.25) is 10.1 Å². The molecule has 6 nitrogen and oxygen atoms in total. The summed E-state index contributed by atoms with van der Waals surface area (Å²) in [6, 6.07) is 1.55. The van der Waals surface area contributed by atoms with Gasteiger partial charge in [0.2, 0.25) is 0 Å². The number of anilines is 1. The fourth-order valence-corrected chi connectivity index (χ4v) is 1.42. The number of nitrogens with zero attached hydrogens (tertiary/aromatic N) is 2. The lowest BCUT2D eigenvalue weighted by Crippen LogP contribution is -2.27. The van der Waals surface area contributed by atoms with E-state index in [2.05, 4.69) is 0 Å². The van der Waals surface area contributed by atoms with Crippen LogP contribution in [0.3, 0.4) is 0 Å². The van der Waals surface area contributed by atoms with Crippen LogP contribution in [0.1, 0.15) is 24.2 Å². The molecule has 0 unspecified atom stereocenters. The standard InChI is InChI=1S/C11H13FN2O4/c1-6(2)13(3)10-4-7(11(15)16)9(14(17)18)5-8(10)12/h4-6H,1-3H3,(H,15,16). The third-order valence-corrected chi connectivity index (χ3v) is 2.65. The highest BCUT2D eigenvalue weighted by Gasteiger charge is 2.24. The van der Waals surface area contributed by atoms with Crippen LogP contribution >= 0.6 is 0 Å². The third kappa shape index (κ3) is 2.55. The second-order valence-corrected chi connectivity index (χ2v) is 4.09. The van der Waals surface area contributed by atoms with Crippen molar-refractivity contribution in [2.24, 2.45) is 0 Å². The Labute approximate surface area is 103 Å². The Balaban J connectivity index is 3.45. The average Bonchev–Trinajstić information content (AvgIpc) is 2.26. The van der Waals surface area contributed by atoms with Gasteiger partial charge >= 0.3 is 5.97 Å². The third-order valence-electron chi connectivity index (χ3n) is 2.65. The number of hydrogen-bond acceptors (Lipinski definition) is 4. The lowest BCUT2D eigenvalue weighted by atomic mass is 10.1. The van der Waals surface area contributed by atoms with Gasteiger partial charge in [-0.1, -0.05) is 0 Å². The Morgan fingerprint density at radius 3 is 2.44 bits per heavy atom. The number of rotatable bonds is 4. The fourth-order valence-electron chi connectivity index (χ4n) is 1.42. The van der Waals surface area contributed by atoms with Gasteiger partial charge in [-0.15, -0.1) is 0 Å². The number of halogens is 1. The van der Waals surface area contributed by atoms with E-state index < -0.39 is 28.0 Å². The summed E-state index contributed by atoms with van der Waals surface area (Å²) in [5.74, 6) is -2.27. The van der Waals surface area contributed by atoms with Gasteiger partial charge < -0.3 is 10.0 Å². The number of nitro groups is 1. The molecular formula is C11H13FN2O4. The topological polar surface area (TPSA) is 83.7 Å². The van der Waals surface area contributed by atoms with Crippen LogP contribution in [0.2, 0.25) is 0 Å². The van der Waals surface area contributed by atoms with E-state index in [9.17, 15) is 19.3 Å². The lowest BCUT2D eigenvalue weighted by molar-refractivity contribution is -0.385. The van der Waals surface area contributed by atoms with Crippen LogP contribution in [-0.2, 0) is 0 Å². The molecule has 18 heavy (non-hydrogen) atoms. The number of aromatic carboxylic acids is 1. The average molecular weight is 256 g/mol. The maximum Gasteiger partial charge on any atom is 0.342 e. The van der Waals surface area contributed by atoms with E-state index in [1.54, 1.807) is 20.9 Å². The molecule has 7 heteroatoms. The van der Waals surface area contributed by atoms with Crippen molar-refractivity contribution in [3.63, 3.8) is 0 Å². The van der Waals surface area contributed by atoms with Gasteiger partial charge in [0.25, 0.3) is 5.69 Å². The summed E-state index contributed by atoms with van der Waals surface area (Å²) >= 11 is 0. The molecule has 0 aliphatic rings. The van der Waals surface area contributed by atoms with Crippen LogP contribution in [0.15, 0.2) is 12.1 Å². The molecule has 98 valence electrons. The second-order valence-electron chi connectivity index (χ2n) is 4.09. The first-order valence-corrected chi connectivity index (χ1v) is 5.19. The van der Waals surface area contributed by atoms with Crippen LogP contribution in [0.5, 0.6) is 0 Å². The van der Waals surface area contributed by atoms with Crippen molar-refractivity contribution in [2.75, 3.05) is 11.9 Å². The zero-order chi connectivity index (χ0) is 14.0. The molecule has 1 aromatic carbocycles. The Morgan fingerprint density at radius 2 is 2.06 bits per heavy atom. The predicted molar refractivity (Wildman–Crippen MR) is 63.6 cm³/mol. The van der Waals surface area contributed by atoms with E-state index in [1.165, 1.54) is 4.90 Å². The summed E-state index contributed by atoms with van der Waals surface area (Å²) in [6.07, 6.45) is 0. The smallest absolute Gasteiger partial charge is 0.342 e. The summed E-state index contributed by atoms with van der Waals surface area (Å²) in [5.41, 5.74) is -1.25. The van der Waals surface area contributed by atoms with Gasteiger partial charge in [0, 0.05) is 13.1 Å². The number of carboxylic acid groups (broad SMARTS) is 1. The van der Waals surface area contributed by atoms with Gasteiger partial charge in [-0.05, 0) is 19.9 Å². The summed E-state index contributed by atoms with van der Waals surface area (Å²) < 4.78 is 13.7. The first-order valence-electron chi connectivity index (χ1n) is 5.19. The molecule has 1 rings (SSSR count). The maximum absolute atomic E-state index is 13.7. The SMILES string of the molecule is CC(C)N(C)c1cc(C(=O)O)c([N+](=O)[O-])cc1F. The van der Waals surface area contributed by atoms with E-state index in [-0.39, 0.29) is 11.7 Å². The molecule has 0 radical (unpaired) electrons. The number of benzene rings is 1. The Bertz CT molecular complexity index is 502. The Kier molecular flexibility index (Phi) is 3.85. The van der Waals surface area contributed by atoms with Crippen molar-refractivity contribution in [3.8, 4) is 0 Å². The van der Waals surface area contributed by atoms with Gasteiger partial charge in [0.05, 0.1) is 16.7 Å². The summed E-state index contributed by atoms with van der Waals surface area (Å²) in [6.45, 7) is 3.59. The van der Waals surface area contributed by atoms with E-state index in [4.69, 9.17) is 5.11 Å². The van der Waals surface area contributed by atoms with E-state index >= 15 is 0 Å². The molecule has 0 aliphatic carbocycles. The van der Waals surface area contributed by atoms with Crippen molar-refractivity contribution < 1.29 is 19.2 Å². The second kappa shape index (κ2) is 4.99. The Morgan fingerprint density at radius 1 is 1.50 bits per heavy atom. The monoisotopic (exact) mass is 256 g/mol. The van der Waals surface area contributed by atoms with Gasteiger partial charge in [-0.25, -0.2) is 9.18 Å². The molecule has 1 N–H and O–H groups in total. The predicted octanol–water partition coefficient (Wildman–Crippen LogP) is 2.28. The molecule has 0 spiro atoms. The van der Waals surface area contributed by atoms with E-state index in [0.29, 0.717) is 6.07 Å². The minimum atomic E-state index is -1.46. The number of nitro benzene ring substituents is 1. The zero-order valence-electron chi connectivity index (χ0n) is 10.2. The highest BCUT2D eigenvalue weighted by atomic mass is 19.1. The van der Waals surface area contributed by atoms with Gasteiger partial charge in [0.1, 0.15) is 5.56 Å². The van der Waals surface area contributed by atoms with Crippen LogP contribution in [0.25, 0.3) is 0 Å². The van der Waals surface area contributed by atoms with Crippen LogP contribution in [-0.4, -0.2) is 29.1 Å². The number of carboxylic acids is 1. The summed E-state index contributed by atoms with van der Waals surface area (Å²) in [4.78, 5) is 22.2. The Hall–Kier alpha value is -2.18. The molecule has 1 aromatic rings. The first kappa shape index (κ1) is 13.9. The van der Waals surface area contributed by atoms with E-state index in [1.807, 2.05) is 0 Å². The lowest BCUT2D eigenvalue weighted by Gasteiger charge is -2.24. The normalized spacial score (nSPS) is 10.5. The first-order chi connectivity index (χ1) is 8.25. The molecule has 0 atom stereocenters.